The normalized spacial score (nSPS) is 11.3. The smallest absolute Gasteiger partial charge is 0.387 e. The summed E-state index contributed by atoms with van der Waals surface area (Å²) in [6, 6.07) is 15.2. The lowest BCUT2D eigenvalue weighted by Gasteiger charge is -2.21. The number of oxazole rings is 1. The summed E-state index contributed by atoms with van der Waals surface area (Å²) >= 11 is 0. The highest BCUT2D eigenvalue weighted by Gasteiger charge is 2.24. The van der Waals surface area contributed by atoms with E-state index in [0.717, 1.165) is 11.1 Å². The van der Waals surface area contributed by atoms with Crippen molar-refractivity contribution in [1.29, 1.82) is 5.26 Å². The third-order valence-electron chi connectivity index (χ3n) is 5.56. The largest absolute Gasteiger partial charge is 0.435 e. The van der Waals surface area contributed by atoms with E-state index < -0.39 is 22.5 Å². The van der Waals surface area contributed by atoms with E-state index in [0.29, 0.717) is 18.5 Å². The minimum absolute atomic E-state index is 0.00974. The number of rotatable bonds is 14. The highest BCUT2D eigenvalue weighted by molar-refractivity contribution is 7.90. The number of nitriles is 1. The Hall–Kier alpha value is -4.02. The topological polar surface area (TPSA) is 135 Å². The van der Waals surface area contributed by atoms with E-state index in [1.54, 1.807) is 29.2 Å². The Bertz CT molecular complexity index is 1390. The molecule has 0 aliphatic carbocycles. The molecule has 0 aliphatic rings. The summed E-state index contributed by atoms with van der Waals surface area (Å²) in [5.41, 5.74) is 2.00. The molecular formula is C26H28F2N4O6S. The fraction of sp³-hybridized carbons (Fsp3) is 0.346. The van der Waals surface area contributed by atoms with E-state index in [-0.39, 0.29) is 48.5 Å². The first kappa shape index (κ1) is 29.5. The quantitative estimate of drug-likeness (QED) is 0.291. The van der Waals surface area contributed by atoms with E-state index in [1.807, 2.05) is 16.9 Å². The van der Waals surface area contributed by atoms with Crippen LogP contribution in [0.25, 0.3) is 0 Å². The molecule has 0 saturated carbocycles. The van der Waals surface area contributed by atoms with Gasteiger partial charge in [0.25, 0.3) is 11.9 Å². The average molecular weight is 563 g/mol. The predicted molar refractivity (Wildman–Crippen MR) is 138 cm³/mol. The van der Waals surface area contributed by atoms with Gasteiger partial charge in [0.2, 0.25) is 10.0 Å². The number of carbonyl (C=O) groups is 1. The van der Waals surface area contributed by atoms with Gasteiger partial charge >= 0.3 is 6.61 Å². The van der Waals surface area contributed by atoms with E-state index in [9.17, 15) is 22.0 Å². The Morgan fingerprint density at radius 1 is 1.15 bits per heavy atom. The molecule has 0 bridgehead atoms. The zero-order valence-electron chi connectivity index (χ0n) is 21.4. The number of carbonyl (C=O) groups excluding carboxylic acids is 1. The summed E-state index contributed by atoms with van der Waals surface area (Å²) in [5, 5.41) is 9.02. The first-order chi connectivity index (χ1) is 18.6. The maximum Gasteiger partial charge on any atom is 0.387 e. The van der Waals surface area contributed by atoms with Crippen LogP contribution in [0.1, 0.15) is 39.4 Å². The molecule has 1 aromatic heterocycles. The number of halogens is 2. The Morgan fingerprint density at radius 2 is 1.82 bits per heavy atom. The van der Waals surface area contributed by atoms with Gasteiger partial charge in [-0.2, -0.15) is 19.0 Å². The second-order valence-corrected chi connectivity index (χ2v) is 10.3. The van der Waals surface area contributed by atoms with Gasteiger partial charge in [-0.1, -0.05) is 24.3 Å². The van der Waals surface area contributed by atoms with Crippen LogP contribution in [0.3, 0.4) is 0 Å². The maximum atomic E-state index is 12.7. The van der Waals surface area contributed by atoms with Gasteiger partial charge in [-0.05, 0) is 55.2 Å². The van der Waals surface area contributed by atoms with Crippen LogP contribution in [-0.4, -0.2) is 51.9 Å². The molecule has 0 saturated heterocycles. The van der Waals surface area contributed by atoms with Gasteiger partial charge in [-0.25, -0.2) is 13.1 Å². The van der Waals surface area contributed by atoms with E-state index in [2.05, 4.69) is 15.8 Å². The summed E-state index contributed by atoms with van der Waals surface area (Å²) in [6.45, 7) is -0.605. The summed E-state index contributed by atoms with van der Waals surface area (Å²) in [4.78, 5) is 18.7. The fourth-order valence-electron chi connectivity index (χ4n) is 3.61. The van der Waals surface area contributed by atoms with Crippen LogP contribution in [0.5, 0.6) is 5.75 Å². The number of benzene rings is 2. The van der Waals surface area contributed by atoms with Gasteiger partial charge < -0.3 is 18.8 Å². The number of anilines is 1. The van der Waals surface area contributed by atoms with Crippen LogP contribution in [0.2, 0.25) is 0 Å². The molecule has 0 spiro atoms. The number of hydrogen-bond donors (Lipinski definition) is 1. The van der Waals surface area contributed by atoms with Crippen molar-refractivity contribution in [3.8, 4) is 11.8 Å². The number of ether oxygens (including phenoxy) is 2. The van der Waals surface area contributed by atoms with Crippen molar-refractivity contribution in [2.24, 2.45) is 0 Å². The number of amides is 1. The first-order valence-corrected chi connectivity index (χ1v) is 13.5. The third-order valence-corrected chi connectivity index (χ3v) is 6.88. The van der Waals surface area contributed by atoms with Gasteiger partial charge in [0.05, 0.1) is 17.4 Å². The molecule has 2 aromatic carbocycles. The molecular weight excluding hydrogens is 534 g/mol. The van der Waals surface area contributed by atoms with Crippen LogP contribution in [0.15, 0.2) is 52.9 Å². The number of aryl methyl sites for hydroxylation is 1. The number of methoxy groups -OCH3 is 1. The summed E-state index contributed by atoms with van der Waals surface area (Å²) in [7, 11) is -2.46. The van der Waals surface area contributed by atoms with Crippen LogP contribution >= 0.6 is 0 Å². The molecule has 1 amide bonds. The van der Waals surface area contributed by atoms with E-state index in [1.165, 1.54) is 26.2 Å². The van der Waals surface area contributed by atoms with Crippen LogP contribution < -0.4 is 14.4 Å². The van der Waals surface area contributed by atoms with Crippen LogP contribution in [-0.2, 0) is 27.7 Å². The highest BCUT2D eigenvalue weighted by atomic mass is 32.2. The maximum absolute atomic E-state index is 12.7. The Kier molecular flexibility index (Phi) is 10.4. The van der Waals surface area contributed by atoms with Gasteiger partial charge in [0, 0.05) is 26.8 Å². The summed E-state index contributed by atoms with van der Waals surface area (Å²) in [6.07, 6.45) is 0.738. The number of aromatic nitrogens is 1. The number of hydrogen-bond acceptors (Lipinski definition) is 9. The van der Waals surface area contributed by atoms with Gasteiger partial charge in [0.15, 0.2) is 5.69 Å². The third kappa shape index (κ3) is 9.05. The fourth-order valence-corrected chi connectivity index (χ4v) is 4.59. The van der Waals surface area contributed by atoms with Crippen molar-refractivity contribution in [3.63, 3.8) is 0 Å². The molecule has 208 valence electrons. The number of sulfonamides is 1. The van der Waals surface area contributed by atoms with Gasteiger partial charge in [0.1, 0.15) is 11.5 Å². The predicted octanol–water partition coefficient (Wildman–Crippen LogP) is 3.80. The molecule has 13 heteroatoms. The lowest BCUT2D eigenvalue weighted by atomic mass is 10.1. The standard InChI is InChI=1S/C26H28F2N4O6S/c1-18-23(24(33)31-39(34,35)15-3-14-36-2)30-26(37-18)32(13-12-19-4-6-20(16-29)7-5-19)17-21-8-10-22(11-9-21)38-25(27)28/h4-11,25H,3,12-15,17H2,1-2H3,(H,31,33). The molecule has 1 N–H and O–H groups in total. The minimum atomic E-state index is -3.91. The van der Waals surface area contributed by atoms with Crippen molar-refractivity contribution in [2.45, 2.75) is 32.9 Å². The van der Waals surface area contributed by atoms with Gasteiger partial charge in [-0.3, -0.25) is 4.79 Å². The summed E-state index contributed by atoms with van der Waals surface area (Å²) < 4.78 is 66.5. The zero-order chi connectivity index (χ0) is 28.4. The molecule has 3 rings (SSSR count). The second kappa shape index (κ2) is 13.7. The Morgan fingerprint density at radius 3 is 2.44 bits per heavy atom. The first-order valence-electron chi connectivity index (χ1n) is 11.9. The molecule has 0 fully saturated rings. The number of alkyl halides is 2. The minimum Gasteiger partial charge on any atom is -0.435 e. The SMILES string of the molecule is COCCCS(=O)(=O)NC(=O)c1nc(N(CCc2ccc(C#N)cc2)Cc2ccc(OC(F)F)cc2)oc1C. The molecule has 0 aliphatic heterocycles. The van der Waals surface area contributed by atoms with E-state index in [4.69, 9.17) is 14.4 Å². The van der Waals surface area contributed by atoms with Crippen molar-refractivity contribution in [1.82, 2.24) is 9.71 Å². The van der Waals surface area contributed by atoms with Crippen LogP contribution in [0, 0.1) is 18.3 Å². The van der Waals surface area contributed by atoms with E-state index >= 15 is 0 Å². The molecule has 10 nitrogen and oxygen atoms in total. The van der Waals surface area contributed by atoms with Crippen LogP contribution in [0.4, 0.5) is 14.8 Å². The molecule has 3 aromatic rings. The monoisotopic (exact) mass is 562 g/mol. The second-order valence-electron chi connectivity index (χ2n) is 8.50. The molecule has 0 atom stereocenters. The number of nitrogens with zero attached hydrogens (tertiary/aromatic N) is 3. The Balaban J connectivity index is 1.81. The van der Waals surface area contributed by atoms with Crippen molar-refractivity contribution < 1.29 is 35.9 Å². The van der Waals surface area contributed by atoms with Crippen molar-refractivity contribution >= 4 is 21.9 Å². The molecule has 0 unspecified atom stereocenters. The summed E-state index contributed by atoms with van der Waals surface area (Å²) in [5.74, 6) is -1.08. The average Bonchev–Trinajstić information content (AvgIpc) is 3.29. The van der Waals surface area contributed by atoms with Crippen molar-refractivity contribution in [3.05, 3.63) is 76.7 Å². The molecule has 39 heavy (non-hydrogen) atoms. The molecule has 1 heterocycles. The molecule has 0 radical (unpaired) electrons. The van der Waals surface area contributed by atoms with Crippen molar-refractivity contribution in [2.75, 3.05) is 30.9 Å². The highest BCUT2D eigenvalue weighted by Crippen LogP contribution is 2.23. The lowest BCUT2D eigenvalue weighted by Crippen LogP contribution is -2.33. The zero-order valence-corrected chi connectivity index (χ0v) is 22.2. The lowest BCUT2D eigenvalue weighted by molar-refractivity contribution is -0.0498. The number of nitrogens with one attached hydrogen (secondary N) is 1. The Labute approximate surface area is 225 Å². The van der Waals surface area contributed by atoms with Gasteiger partial charge in [-0.15, -0.1) is 0 Å².